The molecule has 0 spiro atoms. The second-order valence-electron chi connectivity index (χ2n) is 6.62. The first kappa shape index (κ1) is 14.6. The van der Waals surface area contributed by atoms with Crippen molar-refractivity contribution in [3.05, 3.63) is 12.2 Å². The van der Waals surface area contributed by atoms with Gasteiger partial charge < -0.3 is 9.84 Å². The van der Waals surface area contributed by atoms with Gasteiger partial charge in [0, 0.05) is 5.41 Å². The molecule has 2 rings (SSSR count). The second kappa shape index (κ2) is 5.28. The lowest BCUT2D eigenvalue weighted by molar-refractivity contribution is -0.148. The Balaban J connectivity index is 2.13. The third kappa shape index (κ3) is 2.45. The molecule has 108 valence electrons. The van der Waals surface area contributed by atoms with Crippen molar-refractivity contribution in [3.8, 4) is 0 Å². The quantitative estimate of drug-likeness (QED) is 0.617. The Hall–Kier alpha value is -0.830. The van der Waals surface area contributed by atoms with Crippen molar-refractivity contribution in [1.29, 1.82) is 0 Å². The van der Waals surface area contributed by atoms with Gasteiger partial charge in [0.05, 0.1) is 19.1 Å². The van der Waals surface area contributed by atoms with Gasteiger partial charge in [-0.2, -0.15) is 0 Å². The molecule has 3 heteroatoms. The van der Waals surface area contributed by atoms with Crippen LogP contribution in [0.25, 0.3) is 0 Å². The molecule has 0 unspecified atom stereocenters. The molecule has 2 fully saturated rings. The first-order chi connectivity index (χ1) is 8.90. The summed E-state index contributed by atoms with van der Waals surface area (Å²) in [6.07, 6.45) is 4.46. The van der Waals surface area contributed by atoms with E-state index < -0.39 is 0 Å². The maximum absolute atomic E-state index is 11.7. The van der Waals surface area contributed by atoms with E-state index in [1.165, 1.54) is 12.7 Å². The second-order valence-corrected chi connectivity index (χ2v) is 6.62. The Bertz CT molecular complexity index is 376. The van der Waals surface area contributed by atoms with Crippen LogP contribution in [-0.4, -0.2) is 24.3 Å². The van der Waals surface area contributed by atoms with Crippen LogP contribution in [0.15, 0.2) is 12.2 Å². The van der Waals surface area contributed by atoms with Crippen LogP contribution in [0.1, 0.15) is 46.0 Å². The average molecular weight is 266 g/mol. The number of carbonyl (C=O) groups excluding carboxylic acids is 1. The number of hydrogen-bond acceptors (Lipinski definition) is 3. The predicted molar refractivity (Wildman–Crippen MR) is 74.5 cm³/mol. The number of rotatable bonds is 2. The summed E-state index contributed by atoms with van der Waals surface area (Å²) in [6.45, 7) is 8.36. The fourth-order valence-electron chi connectivity index (χ4n) is 4.05. The van der Waals surface area contributed by atoms with Crippen molar-refractivity contribution in [3.63, 3.8) is 0 Å². The van der Waals surface area contributed by atoms with E-state index in [2.05, 4.69) is 13.5 Å². The molecule has 2 aliphatic rings. The third-order valence-corrected chi connectivity index (χ3v) is 5.66. The Morgan fingerprint density at radius 3 is 2.84 bits per heavy atom. The van der Waals surface area contributed by atoms with Gasteiger partial charge in [-0.1, -0.05) is 26.0 Å². The minimum absolute atomic E-state index is 0.0400. The molecule has 0 saturated heterocycles. The molecule has 0 bridgehead atoms. The molecule has 0 aromatic carbocycles. The molecule has 0 aromatic heterocycles. The molecule has 0 aromatic rings. The van der Waals surface area contributed by atoms with E-state index >= 15 is 0 Å². The summed E-state index contributed by atoms with van der Waals surface area (Å²) in [6, 6.07) is 0. The zero-order valence-electron chi connectivity index (χ0n) is 12.3. The van der Waals surface area contributed by atoms with Crippen LogP contribution >= 0.6 is 0 Å². The highest BCUT2D eigenvalue weighted by Gasteiger charge is 2.49. The number of allylic oxidation sites excluding steroid dienone is 1. The Labute approximate surface area is 116 Å². The minimum atomic E-state index is -0.225. The van der Waals surface area contributed by atoms with Crippen LogP contribution in [0, 0.1) is 23.2 Å². The summed E-state index contributed by atoms with van der Waals surface area (Å²) in [5.74, 6) is 0.534. The van der Waals surface area contributed by atoms with Crippen molar-refractivity contribution in [1.82, 2.24) is 0 Å². The summed E-state index contributed by atoms with van der Waals surface area (Å²) in [5, 5.41) is 10.3. The van der Waals surface area contributed by atoms with Crippen LogP contribution in [-0.2, 0) is 9.53 Å². The normalized spacial score (nSPS) is 40.4. The van der Waals surface area contributed by atoms with Crippen LogP contribution in [0.4, 0.5) is 0 Å². The van der Waals surface area contributed by atoms with Crippen LogP contribution < -0.4 is 0 Å². The van der Waals surface area contributed by atoms with Crippen molar-refractivity contribution >= 4 is 5.97 Å². The average Bonchev–Trinajstić information content (AvgIpc) is 2.41. The maximum atomic E-state index is 11.7. The monoisotopic (exact) mass is 266 g/mol. The fourth-order valence-corrected chi connectivity index (χ4v) is 4.05. The highest BCUT2D eigenvalue weighted by atomic mass is 16.5. The molecule has 2 aliphatic carbocycles. The first-order valence-corrected chi connectivity index (χ1v) is 7.33. The molecule has 2 saturated carbocycles. The summed E-state index contributed by atoms with van der Waals surface area (Å²) >= 11 is 0. The molecule has 1 N–H and O–H groups in total. The van der Waals surface area contributed by atoms with Crippen molar-refractivity contribution in [2.45, 2.75) is 52.1 Å². The Kier molecular flexibility index (Phi) is 4.05. The predicted octanol–water partition coefficient (Wildman–Crippen LogP) is 2.93. The lowest BCUT2D eigenvalue weighted by Gasteiger charge is -2.52. The highest BCUT2D eigenvalue weighted by molar-refractivity contribution is 5.72. The fraction of sp³-hybridized carbons (Fsp3) is 0.812. The van der Waals surface area contributed by atoms with Gasteiger partial charge in [-0.15, -0.1) is 0 Å². The number of aliphatic hydroxyl groups excluding tert-OH is 1. The number of aliphatic hydroxyl groups is 1. The van der Waals surface area contributed by atoms with Gasteiger partial charge in [0.2, 0.25) is 0 Å². The van der Waals surface area contributed by atoms with Crippen LogP contribution in [0.5, 0.6) is 0 Å². The van der Waals surface area contributed by atoms with Gasteiger partial charge in [-0.05, 0) is 43.9 Å². The Morgan fingerprint density at radius 2 is 2.21 bits per heavy atom. The zero-order valence-corrected chi connectivity index (χ0v) is 12.3. The van der Waals surface area contributed by atoms with E-state index in [1.807, 2.05) is 6.92 Å². The van der Waals surface area contributed by atoms with E-state index in [9.17, 15) is 9.90 Å². The minimum Gasteiger partial charge on any atom is -0.469 e. The van der Waals surface area contributed by atoms with Crippen molar-refractivity contribution < 1.29 is 14.6 Å². The van der Waals surface area contributed by atoms with E-state index in [4.69, 9.17) is 4.74 Å². The van der Waals surface area contributed by atoms with Gasteiger partial charge in [-0.3, -0.25) is 4.79 Å². The van der Waals surface area contributed by atoms with Crippen LogP contribution in [0.2, 0.25) is 0 Å². The van der Waals surface area contributed by atoms with E-state index in [0.29, 0.717) is 11.8 Å². The number of hydrogen-bond donors (Lipinski definition) is 1. The molecular formula is C16H26O3. The molecule has 5 atom stereocenters. The number of fused-ring (bicyclic) bond motifs is 1. The lowest BCUT2D eigenvalue weighted by atomic mass is 9.54. The van der Waals surface area contributed by atoms with Gasteiger partial charge >= 0.3 is 5.97 Å². The zero-order chi connectivity index (χ0) is 14.2. The molecule has 0 heterocycles. The van der Waals surface area contributed by atoms with Gasteiger partial charge in [-0.25, -0.2) is 0 Å². The SMILES string of the molecule is C=C1CC[C@H](O)[C@]2(C)CC[C@@H]([C@@H](C)C(=O)OC)C[C@@H]12. The number of methoxy groups -OCH3 is 1. The molecular weight excluding hydrogens is 240 g/mol. The van der Waals surface area contributed by atoms with Gasteiger partial charge in [0.25, 0.3) is 0 Å². The summed E-state index contributed by atoms with van der Waals surface area (Å²) in [5.41, 5.74) is 1.22. The molecule has 0 radical (unpaired) electrons. The topological polar surface area (TPSA) is 46.5 Å². The van der Waals surface area contributed by atoms with Crippen molar-refractivity contribution in [2.24, 2.45) is 23.2 Å². The first-order valence-electron chi connectivity index (χ1n) is 7.33. The molecule has 3 nitrogen and oxygen atoms in total. The smallest absolute Gasteiger partial charge is 0.308 e. The summed E-state index contributed by atoms with van der Waals surface area (Å²) < 4.78 is 4.86. The summed E-state index contributed by atoms with van der Waals surface area (Å²) in [7, 11) is 1.45. The largest absolute Gasteiger partial charge is 0.469 e. The third-order valence-electron chi connectivity index (χ3n) is 5.66. The van der Waals surface area contributed by atoms with Crippen LogP contribution in [0.3, 0.4) is 0 Å². The number of esters is 1. The molecule has 19 heavy (non-hydrogen) atoms. The maximum Gasteiger partial charge on any atom is 0.308 e. The molecule has 0 amide bonds. The summed E-state index contributed by atoms with van der Waals surface area (Å²) in [4.78, 5) is 11.7. The standard InChI is InChI=1S/C16H26O3/c1-10-5-6-14(17)16(3)8-7-12(9-13(10)16)11(2)15(18)19-4/h11-14,17H,1,5-9H2,2-4H3/t11-,12-,13+,14+,16-/m1/s1. The van der Waals surface area contributed by atoms with Gasteiger partial charge in [0.1, 0.15) is 0 Å². The lowest BCUT2D eigenvalue weighted by Crippen LogP contribution is -2.48. The van der Waals surface area contributed by atoms with E-state index in [0.717, 1.165) is 32.1 Å². The number of ether oxygens (including phenoxy) is 1. The van der Waals surface area contributed by atoms with Crippen molar-refractivity contribution in [2.75, 3.05) is 7.11 Å². The Morgan fingerprint density at radius 1 is 1.53 bits per heavy atom. The van der Waals surface area contributed by atoms with Gasteiger partial charge in [0.15, 0.2) is 0 Å². The van der Waals surface area contributed by atoms with E-state index in [1.54, 1.807) is 0 Å². The van der Waals surface area contributed by atoms with E-state index in [-0.39, 0.29) is 23.4 Å². The highest BCUT2D eigenvalue weighted by Crippen LogP contribution is 2.54. The number of carbonyl (C=O) groups is 1. The molecule has 0 aliphatic heterocycles.